The number of amides is 1. The van der Waals surface area contributed by atoms with Crippen molar-refractivity contribution >= 4 is 40.5 Å². The molecule has 7 rings (SSSR count). The summed E-state index contributed by atoms with van der Waals surface area (Å²) in [5, 5.41) is 23.7. The van der Waals surface area contributed by atoms with Crippen LogP contribution in [0.2, 0.25) is 5.02 Å². The van der Waals surface area contributed by atoms with Crippen molar-refractivity contribution in [3.05, 3.63) is 83.0 Å². The average Bonchev–Trinajstić information content (AvgIpc) is 3.45. The van der Waals surface area contributed by atoms with Crippen molar-refractivity contribution in [1.29, 1.82) is 0 Å². The van der Waals surface area contributed by atoms with E-state index in [-0.39, 0.29) is 11.4 Å². The number of pyridine rings is 1. The molecule has 4 aromatic rings. The highest BCUT2D eigenvalue weighted by molar-refractivity contribution is 6.30. The van der Waals surface area contributed by atoms with Crippen LogP contribution in [0.25, 0.3) is 5.65 Å². The van der Waals surface area contributed by atoms with Crippen molar-refractivity contribution in [3.8, 4) is 0 Å². The molecule has 9 nitrogen and oxygen atoms in total. The normalized spacial score (nSPS) is 22.2. The molecule has 0 radical (unpaired) electrons. The molecule has 3 aliphatic rings. The highest BCUT2D eigenvalue weighted by Crippen LogP contribution is 2.36. The fourth-order valence-corrected chi connectivity index (χ4v) is 7.18. The Balaban J connectivity index is 1.02. The minimum atomic E-state index is -0.873. The number of nitrogens with one attached hydrogen (secondary N) is 2. The molecule has 0 aliphatic carbocycles. The van der Waals surface area contributed by atoms with Gasteiger partial charge in [0.15, 0.2) is 5.65 Å². The average molecular weight is 600 g/mol. The van der Waals surface area contributed by atoms with Crippen LogP contribution in [0.3, 0.4) is 0 Å². The maximum Gasteiger partial charge on any atom is 0.253 e. The quantitative estimate of drug-likeness (QED) is 0.284. The zero-order chi connectivity index (χ0) is 29.4. The van der Waals surface area contributed by atoms with E-state index in [1.165, 1.54) is 12.8 Å². The van der Waals surface area contributed by atoms with Gasteiger partial charge in [0.1, 0.15) is 0 Å². The van der Waals surface area contributed by atoms with Crippen LogP contribution < -0.4 is 15.5 Å². The van der Waals surface area contributed by atoms with Gasteiger partial charge in [0, 0.05) is 54.2 Å². The number of anilines is 3. The Hall–Kier alpha value is -3.66. The van der Waals surface area contributed by atoms with E-state index >= 15 is 0 Å². The van der Waals surface area contributed by atoms with Crippen LogP contribution in [-0.2, 0) is 5.60 Å². The first-order valence-electron chi connectivity index (χ1n) is 15.4. The zero-order valence-electron chi connectivity index (χ0n) is 24.3. The molecule has 3 fully saturated rings. The van der Waals surface area contributed by atoms with Gasteiger partial charge in [-0.05, 0) is 99.2 Å². The number of hydrogen-bond donors (Lipinski definition) is 3. The third-order valence-corrected chi connectivity index (χ3v) is 9.74. The molecule has 1 unspecified atom stereocenters. The number of hydrogen-bond acceptors (Lipinski definition) is 7. The molecule has 43 heavy (non-hydrogen) atoms. The van der Waals surface area contributed by atoms with Gasteiger partial charge in [-0.2, -0.15) is 4.98 Å². The van der Waals surface area contributed by atoms with E-state index < -0.39 is 5.60 Å². The largest absolute Gasteiger partial charge is 0.385 e. The summed E-state index contributed by atoms with van der Waals surface area (Å²) in [6.45, 7) is 4.03. The lowest BCUT2D eigenvalue weighted by molar-refractivity contribution is 0.0118. The first-order chi connectivity index (χ1) is 20.9. The second kappa shape index (κ2) is 11.4. The van der Waals surface area contributed by atoms with Crippen molar-refractivity contribution in [2.24, 2.45) is 0 Å². The van der Waals surface area contributed by atoms with Crippen LogP contribution in [-0.4, -0.2) is 68.8 Å². The Morgan fingerprint density at radius 2 is 1.70 bits per heavy atom. The second-order valence-corrected chi connectivity index (χ2v) is 12.8. The second-order valence-electron chi connectivity index (χ2n) is 12.3. The SMILES string of the molecule is O=C(c1ccc(Nc2nc3c(N4CCC(O)(c5ccc(Cl)cc5)CC4)cccn3n2)cc1)N1CCCC2(CCCCN2)C1. The molecule has 2 aromatic carbocycles. The molecule has 1 amide bonds. The predicted octanol–water partition coefficient (Wildman–Crippen LogP) is 5.36. The molecule has 3 saturated heterocycles. The Morgan fingerprint density at radius 1 is 0.930 bits per heavy atom. The summed E-state index contributed by atoms with van der Waals surface area (Å²) >= 11 is 6.05. The summed E-state index contributed by atoms with van der Waals surface area (Å²) in [4.78, 5) is 22.4. The third-order valence-electron chi connectivity index (χ3n) is 9.49. The maximum absolute atomic E-state index is 13.4. The number of likely N-dealkylation sites (tertiary alicyclic amines) is 1. The smallest absolute Gasteiger partial charge is 0.253 e. The van der Waals surface area contributed by atoms with Crippen molar-refractivity contribution in [2.45, 2.75) is 56.1 Å². The first-order valence-corrected chi connectivity index (χ1v) is 15.8. The molecule has 224 valence electrons. The first kappa shape index (κ1) is 28.1. The third kappa shape index (κ3) is 5.69. The highest BCUT2D eigenvalue weighted by Gasteiger charge is 2.38. The van der Waals surface area contributed by atoms with Crippen LogP contribution in [0.4, 0.5) is 17.3 Å². The minimum Gasteiger partial charge on any atom is -0.385 e. The van der Waals surface area contributed by atoms with Crippen molar-refractivity contribution in [3.63, 3.8) is 0 Å². The number of aromatic nitrogens is 3. The van der Waals surface area contributed by atoms with Gasteiger partial charge in [-0.15, -0.1) is 5.10 Å². The Labute approximate surface area is 256 Å². The molecule has 0 bridgehead atoms. The molecule has 5 heterocycles. The fourth-order valence-electron chi connectivity index (χ4n) is 7.05. The maximum atomic E-state index is 13.4. The van der Waals surface area contributed by atoms with Gasteiger partial charge in [0.25, 0.3) is 5.91 Å². The van der Waals surface area contributed by atoms with Crippen LogP contribution >= 0.6 is 11.6 Å². The molecule has 10 heteroatoms. The number of halogens is 1. The van der Waals surface area contributed by atoms with Gasteiger partial charge < -0.3 is 25.5 Å². The topological polar surface area (TPSA) is 98.0 Å². The monoisotopic (exact) mass is 599 g/mol. The lowest BCUT2D eigenvalue weighted by atomic mass is 9.81. The Morgan fingerprint density at radius 3 is 2.44 bits per heavy atom. The summed E-state index contributed by atoms with van der Waals surface area (Å²) in [7, 11) is 0. The van der Waals surface area contributed by atoms with Gasteiger partial charge in [0.05, 0.1) is 11.3 Å². The van der Waals surface area contributed by atoms with Gasteiger partial charge in [-0.1, -0.05) is 30.2 Å². The lowest BCUT2D eigenvalue weighted by Gasteiger charge is -2.46. The van der Waals surface area contributed by atoms with Crippen molar-refractivity contribution in [1.82, 2.24) is 24.8 Å². The molecular formula is C33H38ClN7O2. The van der Waals surface area contributed by atoms with Crippen LogP contribution in [0.1, 0.15) is 60.9 Å². The van der Waals surface area contributed by atoms with Crippen LogP contribution in [0.15, 0.2) is 66.9 Å². The summed E-state index contributed by atoms with van der Waals surface area (Å²) in [5.41, 5.74) is 3.38. The number of carbonyl (C=O) groups excluding carboxylic acids is 1. The highest BCUT2D eigenvalue weighted by atomic mass is 35.5. The summed E-state index contributed by atoms with van der Waals surface area (Å²) < 4.78 is 1.78. The Bertz CT molecular complexity index is 1580. The number of nitrogens with zero attached hydrogens (tertiary/aromatic N) is 5. The minimum absolute atomic E-state index is 0.0907. The molecule has 0 saturated carbocycles. The zero-order valence-corrected chi connectivity index (χ0v) is 25.1. The number of aliphatic hydroxyl groups is 1. The number of piperidine rings is 3. The van der Waals surface area contributed by atoms with Crippen molar-refractivity contribution in [2.75, 3.05) is 42.9 Å². The van der Waals surface area contributed by atoms with Gasteiger partial charge in [-0.25, -0.2) is 4.52 Å². The van der Waals surface area contributed by atoms with Gasteiger partial charge >= 0.3 is 0 Å². The molecule has 2 aromatic heterocycles. The summed E-state index contributed by atoms with van der Waals surface area (Å²) in [6, 6.07) is 19.1. The molecule has 1 spiro atoms. The number of fused-ring (bicyclic) bond motifs is 1. The van der Waals surface area contributed by atoms with Crippen LogP contribution in [0, 0.1) is 0 Å². The van der Waals surface area contributed by atoms with Gasteiger partial charge in [-0.3, -0.25) is 4.79 Å². The van der Waals surface area contributed by atoms with E-state index in [0.29, 0.717) is 42.5 Å². The van der Waals surface area contributed by atoms with E-state index in [0.717, 1.165) is 61.5 Å². The fraction of sp³-hybridized carbons (Fsp3) is 0.424. The van der Waals surface area contributed by atoms with E-state index in [4.69, 9.17) is 16.6 Å². The Kier molecular flexibility index (Phi) is 7.49. The van der Waals surface area contributed by atoms with Crippen molar-refractivity contribution < 1.29 is 9.90 Å². The molecule has 3 N–H and O–H groups in total. The van der Waals surface area contributed by atoms with E-state index in [2.05, 4.69) is 26.7 Å². The van der Waals surface area contributed by atoms with E-state index in [1.54, 1.807) is 4.52 Å². The standard InChI is InChI=1S/C33H38ClN7O2/c34-26-10-8-25(9-11-26)33(43)16-21-39(22-17-33)28-5-3-20-41-29(28)37-31(38-41)36-27-12-6-24(7-13-27)30(42)40-19-4-15-32(23-40)14-1-2-18-35-32/h3,5-13,20,35,43H,1-2,4,14-19,21-23H2,(H,36,38). The lowest BCUT2D eigenvalue weighted by Crippen LogP contribution is -2.59. The number of rotatable bonds is 5. The molecule has 3 aliphatic heterocycles. The van der Waals surface area contributed by atoms with Gasteiger partial charge in [0.2, 0.25) is 5.95 Å². The summed E-state index contributed by atoms with van der Waals surface area (Å²) in [6.07, 6.45) is 8.90. The molecular weight excluding hydrogens is 562 g/mol. The van der Waals surface area contributed by atoms with E-state index in [1.807, 2.05) is 65.7 Å². The molecule has 1 atom stereocenters. The number of benzene rings is 2. The predicted molar refractivity (Wildman–Crippen MR) is 169 cm³/mol. The van der Waals surface area contributed by atoms with E-state index in [9.17, 15) is 9.90 Å². The van der Waals surface area contributed by atoms with Crippen LogP contribution in [0.5, 0.6) is 0 Å². The summed E-state index contributed by atoms with van der Waals surface area (Å²) in [5.74, 6) is 0.584. The number of carbonyl (C=O) groups is 1.